The van der Waals surface area contributed by atoms with Gasteiger partial charge in [-0.2, -0.15) is 0 Å². The number of ether oxygens (including phenoxy) is 1. The van der Waals surface area contributed by atoms with E-state index in [1.807, 2.05) is 0 Å². The van der Waals surface area contributed by atoms with Crippen molar-refractivity contribution < 1.29 is 9.53 Å². The van der Waals surface area contributed by atoms with Gasteiger partial charge in [0.25, 0.3) is 5.91 Å². The third-order valence-electron chi connectivity index (χ3n) is 2.67. The molecule has 0 bridgehead atoms. The number of hydrogen-bond acceptors (Lipinski definition) is 4. The Labute approximate surface area is 90.9 Å². The number of nitrogens with zero attached hydrogens (tertiary/aromatic N) is 1. The molecule has 1 fully saturated rings. The Bertz CT molecular complexity index is 207. The van der Waals surface area contributed by atoms with Crippen LogP contribution in [-0.4, -0.2) is 43.2 Å². The summed E-state index contributed by atoms with van der Waals surface area (Å²) in [7, 11) is 1.60. The van der Waals surface area contributed by atoms with Crippen molar-refractivity contribution in [2.75, 3.05) is 20.3 Å². The lowest BCUT2D eigenvalue weighted by molar-refractivity contribution is -0.128. The predicted octanol–water partition coefficient (Wildman–Crippen LogP) is -0.134. The van der Waals surface area contributed by atoms with Crippen LogP contribution in [0.2, 0.25) is 0 Å². The van der Waals surface area contributed by atoms with Crippen LogP contribution in [-0.2, 0) is 9.53 Å². The second-order valence-corrected chi connectivity index (χ2v) is 3.95. The van der Waals surface area contributed by atoms with Crippen LogP contribution in [0.3, 0.4) is 0 Å². The molecule has 1 saturated carbocycles. The van der Waals surface area contributed by atoms with Gasteiger partial charge in [-0.05, 0) is 25.8 Å². The molecule has 1 atom stereocenters. The highest BCUT2D eigenvalue weighted by Gasteiger charge is 2.36. The maximum absolute atomic E-state index is 11.6. The Morgan fingerprint density at radius 2 is 2.33 bits per heavy atom. The molecular weight excluding hydrogens is 194 g/mol. The number of nitrogens with two attached hydrogens (primary N) is 1. The average molecular weight is 215 g/mol. The Morgan fingerprint density at radius 1 is 1.67 bits per heavy atom. The fourth-order valence-electron chi connectivity index (χ4n) is 1.83. The summed E-state index contributed by atoms with van der Waals surface area (Å²) in [5.41, 5.74) is 2.21. The zero-order chi connectivity index (χ0) is 11.3. The summed E-state index contributed by atoms with van der Waals surface area (Å²) >= 11 is 0. The molecule has 3 N–H and O–H groups in total. The van der Waals surface area contributed by atoms with Crippen molar-refractivity contribution in [2.24, 2.45) is 5.84 Å². The normalized spacial score (nSPS) is 17.9. The van der Waals surface area contributed by atoms with Crippen molar-refractivity contribution in [3.63, 3.8) is 0 Å². The van der Waals surface area contributed by atoms with Gasteiger partial charge in [-0.25, -0.2) is 5.84 Å². The lowest BCUT2D eigenvalue weighted by Gasteiger charge is -2.29. The standard InChI is InChI=1S/C10H21N3O2/c1-3-6-13(8-4-5-8)9(7-15-2)10(14)12-11/h8-9H,3-7,11H2,1-2H3,(H,12,14). The molecule has 5 heteroatoms. The minimum absolute atomic E-state index is 0.155. The van der Waals surface area contributed by atoms with Gasteiger partial charge in [-0.1, -0.05) is 6.92 Å². The summed E-state index contributed by atoms with van der Waals surface area (Å²) in [5, 5.41) is 0. The molecule has 0 aromatic rings. The first kappa shape index (κ1) is 12.4. The monoisotopic (exact) mass is 215 g/mol. The maximum Gasteiger partial charge on any atom is 0.253 e. The molecule has 0 heterocycles. The van der Waals surface area contributed by atoms with Gasteiger partial charge in [0.15, 0.2) is 0 Å². The first-order valence-corrected chi connectivity index (χ1v) is 5.49. The van der Waals surface area contributed by atoms with Crippen LogP contribution >= 0.6 is 0 Å². The number of rotatable bonds is 7. The first-order chi connectivity index (χ1) is 7.24. The van der Waals surface area contributed by atoms with Crippen LogP contribution in [0.25, 0.3) is 0 Å². The van der Waals surface area contributed by atoms with Gasteiger partial charge >= 0.3 is 0 Å². The molecule has 15 heavy (non-hydrogen) atoms. The second-order valence-electron chi connectivity index (χ2n) is 3.95. The van der Waals surface area contributed by atoms with Crippen LogP contribution in [0.15, 0.2) is 0 Å². The summed E-state index contributed by atoms with van der Waals surface area (Å²) in [5.74, 6) is 5.02. The lowest BCUT2D eigenvalue weighted by atomic mass is 10.2. The lowest BCUT2D eigenvalue weighted by Crippen LogP contribution is -2.52. The molecular formula is C10H21N3O2. The van der Waals surface area contributed by atoms with Crippen LogP contribution < -0.4 is 11.3 Å². The summed E-state index contributed by atoms with van der Waals surface area (Å²) in [6.07, 6.45) is 3.39. The molecule has 0 radical (unpaired) electrons. The number of methoxy groups -OCH3 is 1. The highest BCUT2D eigenvalue weighted by atomic mass is 16.5. The Hall–Kier alpha value is -0.650. The topological polar surface area (TPSA) is 67.6 Å². The molecule has 0 aromatic carbocycles. The Kier molecular flexibility index (Phi) is 5.01. The first-order valence-electron chi connectivity index (χ1n) is 5.49. The number of carbonyl (C=O) groups is 1. The fraction of sp³-hybridized carbons (Fsp3) is 0.900. The SMILES string of the molecule is CCCN(C1CC1)C(COC)C(=O)NN. The largest absolute Gasteiger partial charge is 0.383 e. The van der Waals surface area contributed by atoms with Crippen molar-refractivity contribution in [3.05, 3.63) is 0 Å². The van der Waals surface area contributed by atoms with Crippen LogP contribution in [0.4, 0.5) is 0 Å². The van der Waals surface area contributed by atoms with E-state index in [9.17, 15) is 4.79 Å². The summed E-state index contributed by atoms with van der Waals surface area (Å²) in [4.78, 5) is 13.8. The van der Waals surface area contributed by atoms with E-state index in [2.05, 4.69) is 17.2 Å². The van der Waals surface area contributed by atoms with Crippen molar-refractivity contribution in [1.82, 2.24) is 10.3 Å². The predicted molar refractivity (Wildman–Crippen MR) is 58.0 cm³/mol. The average Bonchev–Trinajstić information content (AvgIpc) is 3.06. The van der Waals surface area contributed by atoms with E-state index in [1.165, 1.54) is 12.8 Å². The van der Waals surface area contributed by atoms with E-state index >= 15 is 0 Å². The zero-order valence-corrected chi connectivity index (χ0v) is 9.53. The fourth-order valence-corrected chi connectivity index (χ4v) is 1.83. The van der Waals surface area contributed by atoms with Crippen LogP contribution in [0, 0.1) is 0 Å². The van der Waals surface area contributed by atoms with Crippen LogP contribution in [0.5, 0.6) is 0 Å². The molecule has 1 aliphatic carbocycles. The minimum atomic E-state index is -0.243. The van der Waals surface area contributed by atoms with E-state index in [4.69, 9.17) is 10.6 Å². The molecule has 1 rings (SSSR count). The van der Waals surface area contributed by atoms with Gasteiger partial charge in [0.05, 0.1) is 6.61 Å². The number of carbonyl (C=O) groups excluding carboxylic acids is 1. The van der Waals surface area contributed by atoms with Gasteiger partial charge in [0, 0.05) is 13.2 Å². The van der Waals surface area contributed by atoms with Gasteiger partial charge in [0.2, 0.25) is 0 Å². The van der Waals surface area contributed by atoms with E-state index < -0.39 is 0 Å². The molecule has 0 spiro atoms. The third kappa shape index (κ3) is 3.44. The minimum Gasteiger partial charge on any atom is -0.383 e. The van der Waals surface area contributed by atoms with Crippen molar-refractivity contribution in [1.29, 1.82) is 0 Å². The van der Waals surface area contributed by atoms with Crippen molar-refractivity contribution in [2.45, 2.75) is 38.3 Å². The number of nitrogens with one attached hydrogen (secondary N) is 1. The molecule has 1 amide bonds. The smallest absolute Gasteiger partial charge is 0.253 e. The summed E-state index contributed by atoms with van der Waals surface area (Å²) in [6.45, 7) is 3.44. The van der Waals surface area contributed by atoms with E-state index in [0.717, 1.165) is 13.0 Å². The maximum atomic E-state index is 11.6. The van der Waals surface area contributed by atoms with E-state index in [1.54, 1.807) is 7.11 Å². The van der Waals surface area contributed by atoms with Gasteiger partial charge in [0.1, 0.15) is 6.04 Å². The number of amides is 1. The summed E-state index contributed by atoms with van der Waals surface area (Å²) < 4.78 is 5.07. The van der Waals surface area contributed by atoms with Crippen molar-refractivity contribution >= 4 is 5.91 Å². The second kappa shape index (κ2) is 6.05. The summed E-state index contributed by atoms with van der Waals surface area (Å²) in [6, 6.07) is 0.301. The Balaban J connectivity index is 2.60. The molecule has 0 aliphatic heterocycles. The van der Waals surface area contributed by atoms with Gasteiger partial charge < -0.3 is 4.74 Å². The number of hydrogen-bond donors (Lipinski definition) is 2. The Morgan fingerprint density at radius 3 is 2.73 bits per heavy atom. The van der Waals surface area contributed by atoms with E-state index in [0.29, 0.717) is 12.6 Å². The molecule has 0 saturated heterocycles. The third-order valence-corrected chi connectivity index (χ3v) is 2.67. The highest BCUT2D eigenvalue weighted by Crippen LogP contribution is 2.28. The quantitative estimate of drug-likeness (QED) is 0.352. The van der Waals surface area contributed by atoms with Crippen molar-refractivity contribution in [3.8, 4) is 0 Å². The molecule has 1 unspecified atom stereocenters. The zero-order valence-electron chi connectivity index (χ0n) is 9.53. The molecule has 5 nitrogen and oxygen atoms in total. The molecule has 88 valence electrons. The van der Waals surface area contributed by atoms with E-state index in [-0.39, 0.29) is 11.9 Å². The number of hydrazine groups is 1. The molecule has 0 aromatic heterocycles. The highest BCUT2D eigenvalue weighted by molar-refractivity contribution is 5.81. The van der Waals surface area contributed by atoms with Gasteiger partial charge in [-0.15, -0.1) is 0 Å². The van der Waals surface area contributed by atoms with Gasteiger partial charge in [-0.3, -0.25) is 15.1 Å². The molecule has 1 aliphatic rings. The van der Waals surface area contributed by atoms with Crippen LogP contribution in [0.1, 0.15) is 26.2 Å².